The molecule has 1 aromatic heterocycles. The normalized spacial score (nSPS) is 17.8. The van der Waals surface area contributed by atoms with Gasteiger partial charge >= 0.3 is 12.1 Å². The molecule has 2 fully saturated rings. The number of benzene rings is 3. The predicted molar refractivity (Wildman–Crippen MR) is 170 cm³/mol. The number of anilines is 1. The highest BCUT2D eigenvalue weighted by Gasteiger charge is 2.40. The van der Waals surface area contributed by atoms with Crippen molar-refractivity contribution in [2.75, 3.05) is 25.1 Å². The van der Waals surface area contributed by atoms with Crippen molar-refractivity contribution in [2.45, 2.75) is 52.8 Å². The first-order valence-electron chi connectivity index (χ1n) is 15.0. The summed E-state index contributed by atoms with van der Waals surface area (Å²) in [6, 6.07) is 21.3. The lowest BCUT2D eigenvalue weighted by Gasteiger charge is -2.33. The van der Waals surface area contributed by atoms with Crippen LogP contribution in [0.4, 0.5) is 10.6 Å². The zero-order valence-corrected chi connectivity index (χ0v) is 25.8. The van der Waals surface area contributed by atoms with Crippen LogP contribution >= 0.6 is 0 Å². The van der Waals surface area contributed by atoms with E-state index < -0.39 is 5.97 Å². The second-order valence-corrected chi connectivity index (χ2v) is 11.8. The van der Waals surface area contributed by atoms with Crippen molar-refractivity contribution >= 4 is 17.9 Å². The summed E-state index contributed by atoms with van der Waals surface area (Å²) in [5.74, 6) is 0.609. The molecule has 0 bridgehead atoms. The minimum absolute atomic E-state index is 0.199. The summed E-state index contributed by atoms with van der Waals surface area (Å²) in [6.07, 6.45) is 0.387. The summed E-state index contributed by atoms with van der Waals surface area (Å²) in [5.41, 5.74) is 8.69. The highest BCUT2D eigenvalue weighted by Crippen LogP contribution is 2.40. The van der Waals surface area contributed by atoms with Crippen molar-refractivity contribution in [3.63, 3.8) is 0 Å². The first-order valence-corrected chi connectivity index (χ1v) is 15.0. The molecule has 44 heavy (non-hydrogen) atoms. The van der Waals surface area contributed by atoms with Crippen molar-refractivity contribution in [1.82, 2.24) is 9.88 Å². The van der Waals surface area contributed by atoms with Gasteiger partial charge in [0.15, 0.2) is 0 Å². The number of ether oxygens (including phenoxy) is 2. The smallest absolute Gasteiger partial charge is 0.411 e. The molecule has 2 aliphatic heterocycles. The third kappa shape index (κ3) is 5.48. The maximum Gasteiger partial charge on any atom is 0.411 e. The van der Waals surface area contributed by atoms with Gasteiger partial charge in [-0.15, -0.1) is 0 Å². The van der Waals surface area contributed by atoms with Gasteiger partial charge < -0.3 is 19.5 Å². The maximum absolute atomic E-state index is 13.4. The Bertz CT molecular complexity index is 1740. The van der Waals surface area contributed by atoms with Crippen molar-refractivity contribution < 1.29 is 24.2 Å². The summed E-state index contributed by atoms with van der Waals surface area (Å²) >= 11 is 0. The Morgan fingerprint density at radius 2 is 1.68 bits per heavy atom. The molecule has 2 atom stereocenters. The number of carbonyl (C=O) groups excluding carboxylic acids is 1. The lowest BCUT2D eigenvalue weighted by Crippen LogP contribution is -2.38. The Labute approximate surface area is 257 Å². The molecule has 3 aromatic carbocycles. The van der Waals surface area contributed by atoms with Crippen molar-refractivity contribution in [1.29, 1.82) is 0 Å². The van der Waals surface area contributed by atoms with E-state index in [0.29, 0.717) is 5.75 Å². The molecule has 0 saturated carbocycles. The van der Waals surface area contributed by atoms with Crippen LogP contribution in [0.5, 0.6) is 5.75 Å². The van der Waals surface area contributed by atoms with Crippen LogP contribution in [-0.4, -0.2) is 53.3 Å². The number of aromatic nitrogens is 1. The number of rotatable bonds is 8. The van der Waals surface area contributed by atoms with Crippen LogP contribution in [-0.2, 0) is 11.3 Å². The summed E-state index contributed by atoms with van der Waals surface area (Å²) in [6.45, 7) is 10.2. The number of nitrogens with zero attached hydrogens (tertiary/aromatic N) is 3. The van der Waals surface area contributed by atoms with Gasteiger partial charge in [0.25, 0.3) is 0 Å². The molecule has 0 spiro atoms. The number of hydrogen-bond acceptors (Lipinski definition) is 6. The van der Waals surface area contributed by atoms with E-state index in [1.54, 1.807) is 24.1 Å². The molecule has 1 amide bonds. The van der Waals surface area contributed by atoms with E-state index in [0.717, 1.165) is 75.5 Å². The predicted octanol–water partition coefficient (Wildman–Crippen LogP) is 7.34. The largest absolute Gasteiger partial charge is 0.496 e. The van der Waals surface area contributed by atoms with E-state index in [4.69, 9.17) is 14.5 Å². The van der Waals surface area contributed by atoms with Crippen LogP contribution in [0.3, 0.4) is 0 Å². The lowest BCUT2D eigenvalue weighted by atomic mass is 9.93. The summed E-state index contributed by atoms with van der Waals surface area (Å²) in [5, 5.41) is 9.44. The van der Waals surface area contributed by atoms with Crippen molar-refractivity contribution in [2.24, 2.45) is 0 Å². The Morgan fingerprint density at radius 1 is 0.955 bits per heavy atom. The number of methoxy groups -OCH3 is 1. The van der Waals surface area contributed by atoms with E-state index in [1.165, 1.54) is 0 Å². The molecule has 0 radical (unpaired) electrons. The monoisotopic (exact) mass is 591 g/mol. The fraction of sp³-hybridized carbons (Fsp3) is 0.306. The fourth-order valence-corrected chi connectivity index (χ4v) is 6.28. The van der Waals surface area contributed by atoms with E-state index >= 15 is 0 Å². The van der Waals surface area contributed by atoms with Crippen LogP contribution in [0, 0.1) is 20.8 Å². The molecule has 0 unspecified atom stereocenters. The number of aryl methyl sites for hydroxylation is 3. The third-order valence-corrected chi connectivity index (χ3v) is 8.70. The van der Waals surface area contributed by atoms with Crippen molar-refractivity contribution in [3.8, 4) is 28.0 Å². The standard InChI is InChI=1S/C36H37N3O5/c1-21-15-22(2)17-27(16-21)34-24(4)39(36(42)44-34)20-31-29(10-12-33(37-31)38-13-6-14-38)30-19-25(8-11-32(30)43-5)28-9-7-26(35(40)41)18-23(28)3/h7-12,15-19,24,34H,6,13-14,20H2,1-5H3,(H,40,41)/t24-,34-/m0/s1. The molecule has 226 valence electrons. The van der Waals surface area contributed by atoms with Gasteiger partial charge in [0.2, 0.25) is 0 Å². The van der Waals surface area contributed by atoms with Gasteiger partial charge in [0.05, 0.1) is 31.0 Å². The molecular weight excluding hydrogens is 554 g/mol. The number of pyridine rings is 1. The SMILES string of the molecule is COc1ccc(-c2ccc(C(=O)O)cc2C)cc1-c1ccc(N2CCC2)nc1CN1C(=O)O[C@H](c2cc(C)cc(C)c2)[C@@H]1C. The number of cyclic esters (lactones) is 1. The van der Waals surface area contributed by atoms with Crippen LogP contribution in [0.15, 0.2) is 66.7 Å². The Kier molecular flexibility index (Phi) is 7.76. The fourth-order valence-electron chi connectivity index (χ4n) is 6.28. The lowest BCUT2D eigenvalue weighted by molar-refractivity contribution is 0.0696. The van der Waals surface area contributed by atoms with Gasteiger partial charge in [-0.3, -0.25) is 4.90 Å². The number of carboxylic acids is 1. The zero-order valence-electron chi connectivity index (χ0n) is 25.8. The van der Waals surface area contributed by atoms with Gasteiger partial charge in [-0.25, -0.2) is 14.6 Å². The Morgan fingerprint density at radius 3 is 2.32 bits per heavy atom. The van der Waals surface area contributed by atoms with E-state index in [-0.39, 0.29) is 30.3 Å². The zero-order chi connectivity index (χ0) is 31.1. The van der Waals surface area contributed by atoms with Crippen LogP contribution in [0.2, 0.25) is 0 Å². The van der Waals surface area contributed by atoms with E-state index in [9.17, 15) is 14.7 Å². The quantitative estimate of drug-likeness (QED) is 0.229. The van der Waals surface area contributed by atoms with Crippen LogP contribution in [0.25, 0.3) is 22.3 Å². The highest BCUT2D eigenvalue weighted by molar-refractivity contribution is 5.89. The molecule has 0 aliphatic carbocycles. The molecule has 3 heterocycles. The van der Waals surface area contributed by atoms with Gasteiger partial charge in [0.1, 0.15) is 17.7 Å². The Hall–Kier alpha value is -4.85. The summed E-state index contributed by atoms with van der Waals surface area (Å²) in [7, 11) is 1.64. The molecule has 6 rings (SSSR count). The molecular formula is C36H37N3O5. The minimum atomic E-state index is -0.956. The van der Waals surface area contributed by atoms with E-state index in [2.05, 4.69) is 49.1 Å². The van der Waals surface area contributed by atoms with Gasteiger partial charge in [-0.2, -0.15) is 0 Å². The molecule has 2 aliphatic rings. The molecule has 8 nitrogen and oxygen atoms in total. The first kappa shape index (κ1) is 29.2. The number of carboxylic acid groups (broad SMARTS) is 1. The topological polar surface area (TPSA) is 92.2 Å². The van der Waals surface area contributed by atoms with Gasteiger partial charge in [0, 0.05) is 24.2 Å². The minimum Gasteiger partial charge on any atom is -0.496 e. The molecule has 2 saturated heterocycles. The third-order valence-electron chi connectivity index (χ3n) is 8.70. The average molecular weight is 592 g/mol. The second kappa shape index (κ2) is 11.7. The van der Waals surface area contributed by atoms with Gasteiger partial charge in [-0.05, 0) is 92.8 Å². The molecule has 4 aromatic rings. The number of carbonyl (C=O) groups is 2. The molecule has 8 heteroatoms. The highest BCUT2D eigenvalue weighted by atomic mass is 16.6. The van der Waals surface area contributed by atoms with Crippen LogP contribution in [0.1, 0.15) is 57.8 Å². The van der Waals surface area contributed by atoms with E-state index in [1.807, 2.05) is 38.1 Å². The maximum atomic E-state index is 13.4. The van der Waals surface area contributed by atoms with Crippen molar-refractivity contribution in [3.05, 3.63) is 100 Å². The summed E-state index contributed by atoms with van der Waals surface area (Å²) < 4.78 is 11.8. The second-order valence-electron chi connectivity index (χ2n) is 11.8. The number of amides is 1. The Balaban J connectivity index is 1.41. The summed E-state index contributed by atoms with van der Waals surface area (Å²) in [4.78, 5) is 34.0. The number of aromatic carboxylic acids is 1. The molecule has 1 N–H and O–H groups in total. The van der Waals surface area contributed by atoms with Crippen LogP contribution < -0.4 is 9.64 Å². The van der Waals surface area contributed by atoms with Gasteiger partial charge in [-0.1, -0.05) is 41.5 Å². The first-order chi connectivity index (χ1) is 21.1. The average Bonchev–Trinajstić information content (AvgIpc) is 3.24. The number of hydrogen-bond donors (Lipinski definition) is 1.